The lowest BCUT2D eigenvalue weighted by atomic mass is 10.0. The molecule has 2 saturated heterocycles. The van der Waals surface area contributed by atoms with Crippen LogP contribution < -0.4 is 10.6 Å². The smallest absolute Gasteiger partial charge is 0.297 e. The topological polar surface area (TPSA) is 145 Å². The normalized spacial score (nSPS) is 20.7. The van der Waals surface area contributed by atoms with Gasteiger partial charge in [0.1, 0.15) is 5.52 Å². The zero-order valence-electron chi connectivity index (χ0n) is 28.5. The van der Waals surface area contributed by atoms with Crippen LogP contribution in [0.15, 0.2) is 54.7 Å². The Kier molecular flexibility index (Phi) is 10.00. The first-order chi connectivity index (χ1) is 25.6. The number of aliphatic hydroxyl groups is 2. The summed E-state index contributed by atoms with van der Waals surface area (Å²) in [5, 5.41) is 31.1. The highest BCUT2D eigenvalue weighted by Crippen LogP contribution is 2.42. The van der Waals surface area contributed by atoms with Crippen LogP contribution >= 0.6 is 23.2 Å². The number of aromatic nitrogens is 5. The van der Waals surface area contributed by atoms with Gasteiger partial charge in [-0.3, -0.25) is 24.3 Å². The highest BCUT2D eigenvalue weighted by molar-refractivity contribution is 6.39. The molecule has 5 aromatic rings. The van der Waals surface area contributed by atoms with Gasteiger partial charge in [0.15, 0.2) is 17.3 Å². The highest BCUT2D eigenvalue weighted by atomic mass is 35.5. The van der Waals surface area contributed by atoms with Crippen molar-refractivity contribution >= 4 is 57.3 Å². The number of likely N-dealkylation sites (tertiary alicyclic amines) is 2. The second kappa shape index (κ2) is 14.8. The van der Waals surface area contributed by atoms with Crippen molar-refractivity contribution in [2.75, 3.05) is 36.8 Å². The van der Waals surface area contributed by atoms with Crippen LogP contribution in [0.2, 0.25) is 10.0 Å². The summed E-state index contributed by atoms with van der Waals surface area (Å²) >= 11 is 13.9. The lowest BCUT2D eigenvalue weighted by Gasteiger charge is -2.31. The quantitative estimate of drug-likeness (QED) is 0.130. The molecule has 2 fully saturated rings. The molecule has 3 atom stereocenters. The van der Waals surface area contributed by atoms with E-state index in [4.69, 9.17) is 23.2 Å². The fraction of sp³-hybridized carbons (Fsp3) is 0.378. The minimum atomic E-state index is -2.93. The van der Waals surface area contributed by atoms with E-state index in [1.165, 1.54) is 0 Å². The van der Waals surface area contributed by atoms with Gasteiger partial charge in [-0.25, -0.2) is 18.7 Å². The summed E-state index contributed by atoms with van der Waals surface area (Å²) < 4.78 is 29.9. The molecular weight excluding hydrogens is 727 g/mol. The van der Waals surface area contributed by atoms with E-state index in [9.17, 15) is 23.8 Å². The lowest BCUT2D eigenvalue weighted by Crippen LogP contribution is -2.32. The number of aliphatic hydroxyl groups excluding tert-OH is 2. The van der Waals surface area contributed by atoms with Gasteiger partial charge in [-0.2, -0.15) is 5.10 Å². The molecule has 3 aliphatic rings. The second-order valence-electron chi connectivity index (χ2n) is 13.8. The number of benzene rings is 2. The van der Waals surface area contributed by atoms with E-state index in [-0.39, 0.29) is 50.8 Å². The molecule has 0 aliphatic carbocycles. The molecule has 276 valence electrons. The van der Waals surface area contributed by atoms with Gasteiger partial charge in [-0.05, 0) is 55.5 Å². The molecular formula is C37H37Cl2F2N9O3. The predicted molar refractivity (Wildman–Crippen MR) is 198 cm³/mol. The van der Waals surface area contributed by atoms with Gasteiger partial charge >= 0.3 is 0 Å². The summed E-state index contributed by atoms with van der Waals surface area (Å²) in [5.74, 6) is -1.00. The first-order valence-electron chi connectivity index (χ1n) is 17.6. The van der Waals surface area contributed by atoms with E-state index < -0.39 is 18.2 Å². The number of rotatable bonds is 9. The third kappa shape index (κ3) is 7.31. The van der Waals surface area contributed by atoms with Gasteiger partial charge in [0.05, 0.1) is 50.9 Å². The number of halogens is 4. The summed E-state index contributed by atoms with van der Waals surface area (Å²) in [7, 11) is 0. The third-order valence-corrected chi connectivity index (χ3v) is 10.9. The largest absolute Gasteiger partial charge is 0.392 e. The van der Waals surface area contributed by atoms with Gasteiger partial charge in [-0.15, -0.1) is 0 Å². The molecule has 6 heterocycles. The number of β-amino-alcohol motifs (C(OH)–C–C–N with tert-alkyl or cyclic N) is 2. The van der Waals surface area contributed by atoms with E-state index in [0.717, 1.165) is 43.6 Å². The summed E-state index contributed by atoms with van der Waals surface area (Å²) in [4.78, 5) is 30.6. The first-order valence-corrected chi connectivity index (χ1v) is 18.4. The highest BCUT2D eigenvalue weighted by Gasteiger charge is 2.33. The van der Waals surface area contributed by atoms with Crippen LogP contribution in [0, 0.1) is 0 Å². The third-order valence-electron chi connectivity index (χ3n) is 10.1. The number of aryl methyl sites for hydroxylation is 1. The number of amides is 1. The fourth-order valence-corrected chi connectivity index (χ4v) is 8.09. The number of hydrogen-bond acceptors (Lipinski definition) is 10. The fourth-order valence-electron chi connectivity index (χ4n) is 7.54. The van der Waals surface area contributed by atoms with Gasteiger partial charge in [0, 0.05) is 56.6 Å². The van der Waals surface area contributed by atoms with Gasteiger partial charge in [-0.1, -0.05) is 47.5 Å². The monoisotopic (exact) mass is 763 g/mol. The van der Waals surface area contributed by atoms with Crippen LogP contribution in [0.3, 0.4) is 0 Å². The Bertz CT molecular complexity index is 2190. The molecule has 16 heteroatoms. The number of nitrogens with one attached hydrogen (secondary N) is 2. The minimum absolute atomic E-state index is 0.0607. The standard InChI is InChI=1S/C37H37Cl2F2N9O3/c38-31-23(4-1-6-25(31)43-35-33-27(44-36(46-35)34(40)41)14-20(16-42-33)17-48-12-9-21(51)18-48)24-5-2-7-26(32(24)39)45-37(53)28-15-30-29(8-3-11-50(30)47-28)49-13-10-22(52)19-49/h1-2,4-7,14-16,21-22,29,34,51-52H,3,8-13,17-19H2,(H,45,53)(H,43,44,46)/t21-,22-,29?/m1/s1. The van der Waals surface area contributed by atoms with Crippen molar-refractivity contribution in [2.45, 2.75) is 63.4 Å². The van der Waals surface area contributed by atoms with Crippen molar-refractivity contribution in [3.63, 3.8) is 0 Å². The lowest BCUT2D eigenvalue weighted by molar-refractivity contribution is 0.102. The molecule has 2 aromatic carbocycles. The number of anilines is 3. The predicted octanol–water partition coefficient (Wildman–Crippen LogP) is 6.60. The molecule has 1 unspecified atom stereocenters. The summed E-state index contributed by atoms with van der Waals surface area (Å²) in [6.45, 7) is 3.88. The molecule has 0 bridgehead atoms. The molecule has 1 amide bonds. The molecule has 3 aromatic heterocycles. The maximum Gasteiger partial charge on any atom is 0.297 e. The first kappa shape index (κ1) is 35.7. The second-order valence-corrected chi connectivity index (χ2v) is 14.6. The maximum atomic E-state index is 14.0. The van der Waals surface area contributed by atoms with Crippen LogP contribution in [0.4, 0.5) is 26.0 Å². The van der Waals surface area contributed by atoms with Crippen molar-refractivity contribution in [3.05, 3.63) is 87.5 Å². The van der Waals surface area contributed by atoms with Crippen LogP contribution in [0.1, 0.15) is 65.7 Å². The SMILES string of the molecule is O=C(Nc1cccc(-c2cccc(Nc3nc(C(F)F)nc4cc(CN5CC[C@@H](O)C5)cnc34)c2Cl)c1Cl)c1cc2n(n1)CCCC2N1CC[C@@H](O)C1. The maximum absolute atomic E-state index is 14.0. The van der Waals surface area contributed by atoms with Crippen molar-refractivity contribution in [1.29, 1.82) is 0 Å². The van der Waals surface area contributed by atoms with Crippen molar-refractivity contribution in [1.82, 2.24) is 34.5 Å². The van der Waals surface area contributed by atoms with Crippen molar-refractivity contribution in [3.8, 4) is 11.1 Å². The molecule has 0 saturated carbocycles. The average molecular weight is 765 g/mol. The van der Waals surface area contributed by atoms with Crippen LogP contribution in [-0.4, -0.2) is 89.0 Å². The number of fused-ring (bicyclic) bond motifs is 2. The number of carbonyl (C=O) groups excluding carboxylic acids is 1. The van der Waals surface area contributed by atoms with E-state index >= 15 is 0 Å². The Morgan fingerprint density at radius 1 is 0.925 bits per heavy atom. The Hall–Kier alpha value is -4.31. The van der Waals surface area contributed by atoms with Crippen LogP contribution in [0.5, 0.6) is 0 Å². The van der Waals surface area contributed by atoms with Crippen molar-refractivity contribution < 1.29 is 23.8 Å². The summed E-state index contributed by atoms with van der Waals surface area (Å²) in [6.07, 6.45) is 1.27. The molecule has 53 heavy (non-hydrogen) atoms. The zero-order chi connectivity index (χ0) is 36.8. The van der Waals surface area contributed by atoms with E-state index in [2.05, 4.69) is 40.5 Å². The molecule has 4 N–H and O–H groups in total. The van der Waals surface area contributed by atoms with E-state index in [1.807, 2.05) is 10.7 Å². The number of pyridine rings is 1. The number of nitrogens with zero attached hydrogens (tertiary/aromatic N) is 7. The van der Waals surface area contributed by atoms with Crippen molar-refractivity contribution in [2.24, 2.45) is 0 Å². The minimum Gasteiger partial charge on any atom is -0.392 e. The number of alkyl halides is 2. The molecule has 3 aliphatic heterocycles. The van der Waals surface area contributed by atoms with Crippen LogP contribution in [0.25, 0.3) is 22.2 Å². The molecule has 8 rings (SSSR count). The van der Waals surface area contributed by atoms with Gasteiger partial charge < -0.3 is 20.8 Å². The summed E-state index contributed by atoms with van der Waals surface area (Å²) in [6, 6.07) is 14.0. The van der Waals surface area contributed by atoms with E-state index in [0.29, 0.717) is 55.1 Å². The molecule has 0 spiro atoms. The Balaban J connectivity index is 1.04. The zero-order valence-corrected chi connectivity index (χ0v) is 30.0. The molecule has 0 radical (unpaired) electrons. The van der Waals surface area contributed by atoms with Gasteiger partial charge in [0.25, 0.3) is 12.3 Å². The average Bonchev–Trinajstić information content (AvgIpc) is 3.89. The Labute approximate surface area is 313 Å². The number of carbonyl (C=O) groups is 1. The Morgan fingerprint density at radius 2 is 1.66 bits per heavy atom. The number of hydrogen-bond donors (Lipinski definition) is 4. The molecule has 12 nitrogen and oxygen atoms in total. The van der Waals surface area contributed by atoms with E-state index in [1.54, 1.807) is 48.7 Å². The Morgan fingerprint density at radius 3 is 2.38 bits per heavy atom. The van der Waals surface area contributed by atoms with Crippen LogP contribution in [-0.2, 0) is 13.1 Å². The van der Waals surface area contributed by atoms with Gasteiger partial charge in [0.2, 0.25) is 0 Å². The summed E-state index contributed by atoms with van der Waals surface area (Å²) in [5.41, 5.74) is 4.34.